The third-order valence-corrected chi connectivity index (χ3v) is 6.51. The Bertz CT molecular complexity index is 848. The van der Waals surface area contributed by atoms with E-state index in [1.807, 2.05) is 0 Å². The van der Waals surface area contributed by atoms with Gasteiger partial charge in [-0.3, -0.25) is 4.90 Å². The topological polar surface area (TPSA) is 79.5 Å². The molecular formula is C15H18Cl2N4O3S. The monoisotopic (exact) mass is 404 g/mol. The number of benzene rings is 1. The van der Waals surface area contributed by atoms with Gasteiger partial charge in [-0.15, -0.1) is 0 Å². The second kappa shape index (κ2) is 7.59. The molecule has 0 N–H and O–H groups in total. The molecule has 1 aliphatic heterocycles. The molecule has 136 valence electrons. The van der Waals surface area contributed by atoms with Gasteiger partial charge in [0, 0.05) is 31.2 Å². The van der Waals surface area contributed by atoms with Crippen LogP contribution in [0.25, 0.3) is 11.5 Å². The van der Waals surface area contributed by atoms with Crippen LogP contribution in [-0.4, -0.2) is 59.7 Å². The van der Waals surface area contributed by atoms with Crippen LogP contribution < -0.4 is 0 Å². The molecule has 25 heavy (non-hydrogen) atoms. The minimum atomic E-state index is -3.13. The summed E-state index contributed by atoms with van der Waals surface area (Å²) in [6, 6.07) is 5.06. The van der Waals surface area contributed by atoms with E-state index < -0.39 is 10.0 Å². The highest BCUT2D eigenvalue weighted by molar-refractivity contribution is 7.89. The zero-order valence-electron chi connectivity index (χ0n) is 13.7. The second-order valence-electron chi connectivity index (χ2n) is 5.72. The first kappa shape index (κ1) is 18.6. The van der Waals surface area contributed by atoms with Crippen LogP contribution in [0.1, 0.15) is 12.7 Å². The highest BCUT2D eigenvalue weighted by Gasteiger charge is 2.26. The van der Waals surface area contributed by atoms with Crippen LogP contribution in [-0.2, 0) is 16.6 Å². The van der Waals surface area contributed by atoms with Gasteiger partial charge in [-0.25, -0.2) is 8.42 Å². The van der Waals surface area contributed by atoms with Crippen LogP contribution in [0.3, 0.4) is 0 Å². The predicted octanol–water partition coefficient (Wildman–Crippen LogP) is 2.51. The molecule has 1 saturated heterocycles. The van der Waals surface area contributed by atoms with Gasteiger partial charge in [0.25, 0.3) is 5.89 Å². The second-order valence-corrected chi connectivity index (χ2v) is 8.82. The van der Waals surface area contributed by atoms with Crippen molar-refractivity contribution in [3.05, 3.63) is 34.1 Å². The van der Waals surface area contributed by atoms with Gasteiger partial charge in [-0.2, -0.15) is 9.29 Å². The lowest BCUT2D eigenvalue weighted by molar-refractivity contribution is 0.176. The maximum atomic E-state index is 11.9. The van der Waals surface area contributed by atoms with E-state index in [9.17, 15) is 8.42 Å². The summed E-state index contributed by atoms with van der Waals surface area (Å²) in [6.07, 6.45) is 0. The molecule has 1 aromatic carbocycles. The molecule has 10 heteroatoms. The molecule has 0 radical (unpaired) electrons. The summed E-state index contributed by atoms with van der Waals surface area (Å²) in [6.45, 7) is 4.36. The van der Waals surface area contributed by atoms with Crippen LogP contribution in [0.4, 0.5) is 0 Å². The van der Waals surface area contributed by atoms with E-state index in [0.717, 1.165) is 0 Å². The third-order valence-electron chi connectivity index (χ3n) is 4.08. The Morgan fingerprint density at radius 1 is 1.20 bits per heavy atom. The Morgan fingerprint density at radius 3 is 2.56 bits per heavy atom. The molecule has 1 aromatic heterocycles. The Labute approximate surface area is 156 Å². The maximum Gasteiger partial charge on any atom is 0.259 e. The van der Waals surface area contributed by atoms with Crippen molar-refractivity contribution in [1.29, 1.82) is 0 Å². The molecule has 1 aliphatic rings. The molecule has 0 bridgehead atoms. The van der Waals surface area contributed by atoms with Crippen molar-refractivity contribution in [2.45, 2.75) is 13.5 Å². The first-order valence-electron chi connectivity index (χ1n) is 7.87. The van der Waals surface area contributed by atoms with Crippen LogP contribution in [0.2, 0.25) is 10.0 Å². The summed E-state index contributed by atoms with van der Waals surface area (Å²) in [5.74, 6) is 1.000. The summed E-state index contributed by atoms with van der Waals surface area (Å²) in [7, 11) is -3.13. The van der Waals surface area contributed by atoms with E-state index in [0.29, 0.717) is 60.0 Å². The van der Waals surface area contributed by atoms with Crippen molar-refractivity contribution in [3.63, 3.8) is 0 Å². The number of hydrogen-bond acceptors (Lipinski definition) is 6. The molecule has 1 fully saturated rings. The highest BCUT2D eigenvalue weighted by atomic mass is 35.5. The quantitative estimate of drug-likeness (QED) is 0.761. The van der Waals surface area contributed by atoms with E-state index in [1.54, 1.807) is 25.1 Å². The van der Waals surface area contributed by atoms with Gasteiger partial charge in [-0.1, -0.05) is 28.4 Å². The van der Waals surface area contributed by atoms with Crippen LogP contribution in [0, 0.1) is 0 Å². The molecule has 0 saturated carbocycles. The average molecular weight is 405 g/mol. The summed E-state index contributed by atoms with van der Waals surface area (Å²) < 4.78 is 30.6. The Kier molecular flexibility index (Phi) is 5.65. The average Bonchev–Trinajstić information content (AvgIpc) is 3.03. The van der Waals surface area contributed by atoms with Crippen molar-refractivity contribution in [3.8, 4) is 11.5 Å². The van der Waals surface area contributed by atoms with Crippen molar-refractivity contribution in [2.75, 3.05) is 31.9 Å². The van der Waals surface area contributed by atoms with Gasteiger partial charge in [0.15, 0.2) is 5.82 Å². The van der Waals surface area contributed by atoms with Gasteiger partial charge < -0.3 is 4.52 Å². The molecule has 0 amide bonds. The highest BCUT2D eigenvalue weighted by Crippen LogP contribution is 2.29. The standard InChI is InChI=1S/C15H18Cl2N4O3S/c1-2-25(22,23)21-7-5-20(6-8-21)10-14-18-15(24-19-14)12-4-3-11(16)9-13(12)17/h3-4,9H,2,5-8,10H2,1H3. The fraction of sp³-hybridized carbons (Fsp3) is 0.467. The Hall–Kier alpha value is -1.19. The lowest BCUT2D eigenvalue weighted by atomic mass is 10.2. The van der Waals surface area contributed by atoms with Gasteiger partial charge in [0.2, 0.25) is 10.0 Å². The lowest BCUT2D eigenvalue weighted by Crippen LogP contribution is -2.48. The third kappa shape index (κ3) is 4.32. The Balaban J connectivity index is 1.63. The van der Waals surface area contributed by atoms with Crippen LogP contribution >= 0.6 is 23.2 Å². The smallest absolute Gasteiger partial charge is 0.259 e. The number of hydrogen-bond donors (Lipinski definition) is 0. The van der Waals surface area contributed by atoms with E-state index in [1.165, 1.54) is 4.31 Å². The summed E-state index contributed by atoms with van der Waals surface area (Å²) in [5, 5.41) is 4.96. The molecule has 7 nitrogen and oxygen atoms in total. The number of sulfonamides is 1. The van der Waals surface area contributed by atoms with Crippen LogP contribution in [0.5, 0.6) is 0 Å². The van der Waals surface area contributed by atoms with E-state index >= 15 is 0 Å². The number of rotatable bonds is 5. The Morgan fingerprint density at radius 2 is 1.92 bits per heavy atom. The maximum absolute atomic E-state index is 11.9. The van der Waals surface area contributed by atoms with Crippen molar-refractivity contribution < 1.29 is 12.9 Å². The number of nitrogens with zero attached hydrogens (tertiary/aromatic N) is 4. The lowest BCUT2D eigenvalue weighted by Gasteiger charge is -2.32. The largest absolute Gasteiger partial charge is 0.334 e. The molecule has 0 aliphatic carbocycles. The molecule has 2 heterocycles. The van der Waals surface area contributed by atoms with Crippen molar-refractivity contribution in [2.24, 2.45) is 0 Å². The number of aromatic nitrogens is 2. The first-order valence-corrected chi connectivity index (χ1v) is 10.2. The molecular weight excluding hydrogens is 387 g/mol. The number of halogens is 2. The van der Waals surface area contributed by atoms with E-state index in [4.69, 9.17) is 27.7 Å². The zero-order chi connectivity index (χ0) is 18.0. The van der Waals surface area contributed by atoms with Gasteiger partial charge in [-0.05, 0) is 25.1 Å². The van der Waals surface area contributed by atoms with Gasteiger partial charge in [0.1, 0.15) is 0 Å². The van der Waals surface area contributed by atoms with Gasteiger partial charge in [0.05, 0.1) is 22.9 Å². The van der Waals surface area contributed by atoms with Crippen LogP contribution in [0.15, 0.2) is 22.7 Å². The fourth-order valence-corrected chi connectivity index (χ4v) is 4.21. The first-order chi connectivity index (χ1) is 11.9. The normalized spacial score (nSPS) is 17.1. The summed E-state index contributed by atoms with van der Waals surface area (Å²) in [4.78, 5) is 6.47. The molecule has 0 spiro atoms. The van der Waals surface area contributed by atoms with Crippen molar-refractivity contribution >= 4 is 33.2 Å². The molecule has 0 atom stereocenters. The minimum Gasteiger partial charge on any atom is -0.334 e. The van der Waals surface area contributed by atoms with Gasteiger partial charge >= 0.3 is 0 Å². The fourth-order valence-electron chi connectivity index (χ4n) is 2.64. The van der Waals surface area contributed by atoms with Crippen molar-refractivity contribution in [1.82, 2.24) is 19.3 Å². The summed E-state index contributed by atoms with van der Waals surface area (Å²) >= 11 is 12.0. The SMILES string of the molecule is CCS(=O)(=O)N1CCN(Cc2noc(-c3ccc(Cl)cc3Cl)n2)CC1. The summed E-state index contributed by atoms with van der Waals surface area (Å²) in [5.41, 5.74) is 0.628. The zero-order valence-corrected chi connectivity index (χ0v) is 16.0. The molecule has 0 unspecified atom stereocenters. The molecule has 3 rings (SSSR count). The predicted molar refractivity (Wildman–Crippen MR) is 96.1 cm³/mol. The van der Waals surface area contributed by atoms with E-state index in [2.05, 4.69) is 15.0 Å². The number of piperazine rings is 1. The minimum absolute atomic E-state index is 0.128. The van der Waals surface area contributed by atoms with E-state index in [-0.39, 0.29) is 5.75 Å². The molecule has 2 aromatic rings.